The van der Waals surface area contributed by atoms with Crippen LogP contribution in [0.25, 0.3) is 0 Å². The number of hydrogen-bond acceptors (Lipinski definition) is 4. The van der Waals surface area contributed by atoms with E-state index in [1.165, 1.54) is 18.2 Å². The van der Waals surface area contributed by atoms with Crippen molar-refractivity contribution in [3.8, 4) is 11.8 Å². The van der Waals surface area contributed by atoms with Crippen molar-refractivity contribution < 1.29 is 17.0 Å². The summed E-state index contributed by atoms with van der Waals surface area (Å²) in [5, 5.41) is 9.20. The third kappa shape index (κ3) is 3.32. The Morgan fingerprint density at radius 2 is 1.95 bits per heavy atom. The first-order valence-corrected chi connectivity index (χ1v) is 7.52. The Hall–Kier alpha value is -2.10. The second-order valence-corrected chi connectivity index (χ2v) is 6.16. The second-order valence-electron chi connectivity index (χ2n) is 4.20. The van der Waals surface area contributed by atoms with E-state index < -0.39 is 15.9 Å². The van der Waals surface area contributed by atoms with E-state index in [1.807, 2.05) is 0 Å². The lowest BCUT2D eigenvalue weighted by Crippen LogP contribution is -2.10. The van der Waals surface area contributed by atoms with E-state index in [4.69, 9.17) is 21.0 Å². The van der Waals surface area contributed by atoms with Gasteiger partial charge in [-0.25, -0.2) is 4.39 Å². The zero-order valence-corrected chi connectivity index (χ0v) is 12.4. The van der Waals surface area contributed by atoms with E-state index in [-0.39, 0.29) is 16.2 Å². The molecule has 0 saturated heterocycles. The number of halogens is 2. The molecular weight excluding hydrogens is 317 g/mol. The van der Waals surface area contributed by atoms with Gasteiger partial charge in [-0.2, -0.15) is 13.7 Å². The number of aryl methyl sites for hydroxylation is 1. The molecule has 0 amide bonds. The molecule has 0 N–H and O–H groups in total. The predicted octanol–water partition coefficient (Wildman–Crippen LogP) is 3.43. The molecule has 0 aliphatic heterocycles. The number of rotatable bonds is 3. The van der Waals surface area contributed by atoms with Gasteiger partial charge >= 0.3 is 10.1 Å². The van der Waals surface area contributed by atoms with Crippen LogP contribution in [-0.4, -0.2) is 8.42 Å². The molecule has 2 aromatic rings. The van der Waals surface area contributed by atoms with Crippen LogP contribution in [0.4, 0.5) is 4.39 Å². The van der Waals surface area contributed by atoms with Crippen LogP contribution in [0.3, 0.4) is 0 Å². The van der Waals surface area contributed by atoms with Gasteiger partial charge in [-0.15, -0.1) is 0 Å². The summed E-state index contributed by atoms with van der Waals surface area (Å²) in [5.74, 6) is -0.710. The average molecular weight is 326 g/mol. The number of hydrogen-bond donors (Lipinski definition) is 0. The Morgan fingerprint density at radius 1 is 1.24 bits per heavy atom. The van der Waals surface area contributed by atoms with E-state index in [0.29, 0.717) is 10.6 Å². The maximum atomic E-state index is 13.2. The van der Waals surface area contributed by atoms with Crippen molar-refractivity contribution in [3.05, 3.63) is 58.4 Å². The first kappa shape index (κ1) is 15.3. The van der Waals surface area contributed by atoms with Crippen molar-refractivity contribution >= 4 is 21.7 Å². The van der Waals surface area contributed by atoms with E-state index in [9.17, 15) is 12.8 Å². The fourth-order valence-electron chi connectivity index (χ4n) is 1.59. The van der Waals surface area contributed by atoms with E-state index in [2.05, 4.69) is 0 Å². The molecule has 0 heterocycles. The molecule has 0 aromatic heterocycles. The number of nitriles is 1. The molecule has 0 aliphatic rings. The molecule has 0 aliphatic carbocycles. The number of nitrogens with zero attached hydrogens (tertiary/aromatic N) is 1. The molecule has 0 fully saturated rings. The molecule has 0 bridgehead atoms. The third-order valence-electron chi connectivity index (χ3n) is 2.68. The quantitative estimate of drug-likeness (QED) is 0.811. The summed E-state index contributed by atoms with van der Waals surface area (Å²) in [6.45, 7) is 1.70. The summed E-state index contributed by atoms with van der Waals surface area (Å²) >= 11 is 5.84. The SMILES string of the molecule is Cc1cc(OS(=O)(=O)c2ccc(F)c(C#N)c2)ccc1Cl. The van der Waals surface area contributed by atoms with Crippen LogP contribution >= 0.6 is 11.6 Å². The van der Waals surface area contributed by atoms with Gasteiger partial charge in [-0.1, -0.05) is 11.6 Å². The van der Waals surface area contributed by atoms with Gasteiger partial charge < -0.3 is 4.18 Å². The summed E-state index contributed by atoms with van der Waals surface area (Å²) in [6.07, 6.45) is 0. The van der Waals surface area contributed by atoms with Crippen molar-refractivity contribution in [2.75, 3.05) is 0 Å². The third-order valence-corrected chi connectivity index (χ3v) is 4.35. The molecule has 7 heteroatoms. The topological polar surface area (TPSA) is 67.2 Å². The van der Waals surface area contributed by atoms with Crippen LogP contribution in [0.2, 0.25) is 5.02 Å². The maximum Gasteiger partial charge on any atom is 0.339 e. The van der Waals surface area contributed by atoms with Crippen LogP contribution < -0.4 is 4.18 Å². The highest BCUT2D eigenvalue weighted by molar-refractivity contribution is 7.87. The number of benzene rings is 2. The Bertz CT molecular complexity index is 844. The van der Waals surface area contributed by atoms with Crippen molar-refractivity contribution in [2.45, 2.75) is 11.8 Å². The molecule has 108 valence electrons. The molecule has 2 rings (SSSR count). The smallest absolute Gasteiger partial charge is 0.339 e. The first-order valence-electron chi connectivity index (χ1n) is 5.74. The molecule has 21 heavy (non-hydrogen) atoms. The van der Waals surface area contributed by atoms with Crippen LogP contribution in [0.1, 0.15) is 11.1 Å². The van der Waals surface area contributed by atoms with Crippen molar-refractivity contribution in [2.24, 2.45) is 0 Å². The van der Waals surface area contributed by atoms with Gasteiger partial charge in [0, 0.05) is 5.02 Å². The van der Waals surface area contributed by atoms with E-state index >= 15 is 0 Å². The van der Waals surface area contributed by atoms with Crippen molar-refractivity contribution in [3.63, 3.8) is 0 Å². The van der Waals surface area contributed by atoms with Crippen LogP contribution in [0.5, 0.6) is 5.75 Å². The highest BCUT2D eigenvalue weighted by atomic mass is 35.5. The van der Waals surface area contributed by atoms with Crippen LogP contribution in [0, 0.1) is 24.1 Å². The Morgan fingerprint density at radius 3 is 2.57 bits per heavy atom. The Labute approximate surface area is 126 Å². The molecule has 0 unspecified atom stereocenters. The highest BCUT2D eigenvalue weighted by Gasteiger charge is 2.19. The largest absolute Gasteiger partial charge is 0.379 e. The van der Waals surface area contributed by atoms with Crippen molar-refractivity contribution in [1.82, 2.24) is 0 Å². The summed E-state index contributed by atoms with van der Waals surface area (Å²) in [6, 6.07) is 8.82. The minimum Gasteiger partial charge on any atom is -0.379 e. The molecule has 0 radical (unpaired) electrons. The predicted molar refractivity (Wildman–Crippen MR) is 75.1 cm³/mol. The maximum absolute atomic E-state index is 13.2. The van der Waals surface area contributed by atoms with Gasteiger partial charge in [0.05, 0.1) is 5.56 Å². The van der Waals surface area contributed by atoms with E-state index in [0.717, 1.165) is 18.2 Å². The molecular formula is C14H9ClFNO3S. The lowest BCUT2D eigenvalue weighted by Gasteiger charge is -2.08. The van der Waals surface area contributed by atoms with Gasteiger partial charge in [0.25, 0.3) is 0 Å². The molecule has 0 saturated carbocycles. The van der Waals surface area contributed by atoms with Crippen LogP contribution in [0.15, 0.2) is 41.3 Å². The zero-order chi connectivity index (χ0) is 15.6. The monoisotopic (exact) mass is 325 g/mol. The van der Waals surface area contributed by atoms with Crippen LogP contribution in [-0.2, 0) is 10.1 Å². The van der Waals surface area contributed by atoms with Gasteiger partial charge in [-0.05, 0) is 48.9 Å². The first-order chi connectivity index (χ1) is 9.83. The lowest BCUT2D eigenvalue weighted by atomic mass is 10.2. The molecule has 2 aromatic carbocycles. The summed E-state index contributed by atoms with van der Waals surface area (Å²) in [7, 11) is -4.15. The van der Waals surface area contributed by atoms with Gasteiger partial charge in [-0.3, -0.25) is 0 Å². The average Bonchev–Trinajstić information content (AvgIpc) is 2.43. The second kappa shape index (κ2) is 5.72. The summed E-state index contributed by atoms with van der Waals surface area (Å²) < 4.78 is 42.3. The minimum absolute atomic E-state index is 0.0831. The summed E-state index contributed by atoms with van der Waals surface area (Å²) in [4.78, 5) is -0.298. The fraction of sp³-hybridized carbons (Fsp3) is 0.0714. The lowest BCUT2D eigenvalue weighted by molar-refractivity contribution is 0.485. The standard InChI is InChI=1S/C14H9ClFNO3S/c1-9-6-11(2-4-13(9)15)20-21(18,19)12-3-5-14(16)10(7-12)8-17/h2-7H,1H3. The van der Waals surface area contributed by atoms with Gasteiger partial charge in [0.2, 0.25) is 0 Å². The zero-order valence-electron chi connectivity index (χ0n) is 10.8. The van der Waals surface area contributed by atoms with Gasteiger partial charge in [0.15, 0.2) is 0 Å². The van der Waals surface area contributed by atoms with Crippen molar-refractivity contribution in [1.29, 1.82) is 5.26 Å². The molecule has 4 nitrogen and oxygen atoms in total. The minimum atomic E-state index is -4.15. The molecule has 0 atom stereocenters. The van der Waals surface area contributed by atoms with E-state index in [1.54, 1.807) is 13.0 Å². The Balaban J connectivity index is 2.38. The molecule has 0 spiro atoms. The highest BCUT2D eigenvalue weighted by Crippen LogP contribution is 2.24. The van der Waals surface area contributed by atoms with Gasteiger partial charge in [0.1, 0.15) is 22.5 Å². The Kier molecular flexibility index (Phi) is 4.16. The normalized spacial score (nSPS) is 11.0. The fourth-order valence-corrected chi connectivity index (χ4v) is 2.66. The summed E-state index contributed by atoms with van der Waals surface area (Å²) in [5.41, 5.74) is 0.285.